The van der Waals surface area contributed by atoms with Gasteiger partial charge in [0, 0.05) is 13.7 Å². The van der Waals surface area contributed by atoms with Crippen LogP contribution in [0.25, 0.3) is 0 Å². The highest BCUT2D eigenvalue weighted by Crippen LogP contribution is 2.39. The van der Waals surface area contributed by atoms with Crippen molar-refractivity contribution in [3.05, 3.63) is 21.7 Å². The molecule has 1 atom stereocenters. The molecule has 1 aliphatic rings. The maximum atomic E-state index is 12.0. The van der Waals surface area contributed by atoms with E-state index in [0.717, 1.165) is 11.8 Å². The summed E-state index contributed by atoms with van der Waals surface area (Å²) in [6, 6.07) is 0. The number of hydrogen-bond acceptors (Lipinski definition) is 5. The number of aliphatic hydroxyl groups excluding tert-OH is 1. The average Bonchev–Trinajstić information content (AvgIpc) is 2.53. The van der Waals surface area contributed by atoms with Gasteiger partial charge in [0.25, 0.3) is 5.56 Å². The average molecular weight is 240 g/mol. The molecule has 0 aromatic carbocycles. The number of aromatic nitrogens is 2. The summed E-state index contributed by atoms with van der Waals surface area (Å²) in [5.74, 6) is 0.0884. The number of aryl methyl sites for hydroxylation is 1. The van der Waals surface area contributed by atoms with E-state index in [1.807, 2.05) is 0 Å². The molecule has 1 aromatic heterocycles. The van der Waals surface area contributed by atoms with E-state index >= 15 is 0 Å². The van der Waals surface area contributed by atoms with Crippen molar-refractivity contribution in [1.29, 1.82) is 0 Å². The molecule has 5 nitrogen and oxygen atoms in total. The molecule has 1 N–H and O–H groups in total. The lowest BCUT2D eigenvalue weighted by molar-refractivity contribution is -0.112. The largest absolute Gasteiger partial charge is 0.396 e. The van der Waals surface area contributed by atoms with Gasteiger partial charge in [-0.2, -0.15) is 0 Å². The third-order valence-electron chi connectivity index (χ3n) is 2.76. The molecule has 0 fully saturated rings. The van der Waals surface area contributed by atoms with E-state index in [1.165, 1.54) is 4.57 Å². The number of aliphatic hydroxyl groups is 1. The van der Waals surface area contributed by atoms with Gasteiger partial charge in [0.1, 0.15) is 10.9 Å². The Bertz CT molecular complexity index is 510. The van der Waals surface area contributed by atoms with Gasteiger partial charge >= 0.3 is 0 Å². The number of fused-ring (bicyclic) bond motifs is 1. The van der Waals surface area contributed by atoms with E-state index in [2.05, 4.69) is 4.98 Å². The van der Waals surface area contributed by atoms with Crippen molar-refractivity contribution in [2.75, 3.05) is 6.61 Å². The van der Waals surface area contributed by atoms with Crippen molar-refractivity contribution in [3.8, 4) is 0 Å². The van der Waals surface area contributed by atoms with Crippen LogP contribution in [0.1, 0.15) is 23.7 Å². The van der Waals surface area contributed by atoms with Gasteiger partial charge in [-0.1, -0.05) is 0 Å². The molecule has 0 radical (unpaired) electrons. The zero-order valence-corrected chi connectivity index (χ0v) is 9.87. The zero-order valence-electron chi connectivity index (χ0n) is 9.06. The van der Waals surface area contributed by atoms with Crippen LogP contribution in [0, 0.1) is 6.92 Å². The standard InChI is InChI=1S/C10H12N2O3S/c1-5-11-8-7(9(14)12(5)2)6(3-4-13)10(15)16-8/h6,13H,3-4H2,1-2H3/t6-/m0/s1. The number of carbonyl (C=O) groups is 1. The quantitative estimate of drug-likeness (QED) is 0.747. The Morgan fingerprint density at radius 2 is 2.19 bits per heavy atom. The second-order valence-corrected chi connectivity index (χ2v) is 4.72. The number of nitrogens with zero attached hydrogens (tertiary/aromatic N) is 2. The Labute approximate surface area is 96.5 Å². The maximum Gasteiger partial charge on any atom is 0.258 e. The van der Waals surface area contributed by atoms with Crippen LogP contribution in [0.4, 0.5) is 0 Å². The lowest BCUT2D eigenvalue weighted by Gasteiger charge is -2.08. The molecule has 2 rings (SSSR count). The molecule has 0 aliphatic carbocycles. The SMILES string of the molecule is Cc1nc2c(c(=O)n1C)[C@H](CCO)C(=O)S2. The fraction of sp³-hybridized carbons (Fsp3) is 0.500. The third-order valence-corrected chi connectivity index (χ3v) is 3.75. The Morgan fingerprint density at radius 3 is 2.81 bits per heavy atom. The fourth-order valence-corrected chi connectivity index (χ4v) is 2.84. The Hall–Kier alpha value is -1.14. The lowest BCUT2D eigenvalue weighted by Crippen LogP contribution is -2.26. The second kappa shape index (κ2) is 4.03. The Morgan fingerprint density at radius 1 is 1.50 bits per heavy atom. The zero-order chi connectivity index (χ0) is 11.9. The Kier molecular flexibility index (Phi) is 2.86. The molecule has 2 heterocycles. The van der Waals surface area contributed by atoms with Crippen LogP contribution in [0.2, 0.25) is 0 Å². The highest BCUT2D eigenvalue weighted by atomic mass is 32.2. The molecule has 1 aliphatic heterocycles. The van der Waals surface area contributed by atoms with Crippen LogP contribution in [0.15, 0.2) is 9.82 Å². The van der Waals surface area contributed by atoms with Crippen LogP contribution in [0.3, 0.4) is 0 Å². The van der Waals surface area contributed by atoms with Crippen molar-refractivity contribution in [2.24, 2.45) is 7.05 Å². The van der Waals surface area contributed by atoms with Gasteiger partial charge in [-0.15, -0.1) is 0 Å². The fourth-order valence-electron chi connectivity index (χ4n) is 1.75. The first-order valence-corrected chi connectivity index (χ1v) is 5.78. The van der Waals surface area contributed by atoms with Gasteiger partial charge in [-0.05, 0) is 25.1 Å². The number of rotatable bonds is 2. The third kappa shape index (κ3) is 1.58. The van der Waals surface area contributed by atoms with E-state index in [-0.39, 0.29) is 17.3 Å². The van der Waals surface area contributed by atoms with Crippen molar-refractivity contribution in [2.45, 2.75) is 24.3 Å². The van der Waals surface area contributed by atoms with Crippen LogP contribution < -0.4 is 5.56 Å². The van der Waals surface area contributed by atoms with E-state index in [1.54, 1.807) is 14.0 Å². The number of thioether (sulfide) groups is 1. The second-order valence-electron chi connectivity index (χ2n) is 3.73. The summed E-state index contributed by atoms with van der Waals surface area (Å²) < 4.78 is 1.43. The molecule has 0 saturated heterocycles. The molecule has 0 saturated carbocycles. The van der Waals surface area contributed by atoms with Gasteiger partial charge in [0.05, 0.1) is 11.5 Å². The molecule has 0 bridgehead atoms. The molecule has 0 spiro atoms. The molecule has 86 valence electrons. The molecule has 16 heavy (non-hydrogen) atoms. The predicted octanol–water partition coefficient (Wildman–Crippen LogP) is 0.187. The van der Waals surface area contributed by atoms with Crippen LogP contribution in [-0.2, 0) is 11.8 Å². The van der Waals surface area contributed by atoms with Gasteiger partial charge in [-0.3, -0.25) is 14.2 Å². The summed E-state index contributed by atoms with van der Waals surface area (Å²) in [7, 11) is 1.63. The normalized spacial score (nSPS) is 18.9. The molecular formula is C10H12N2O3S. The van der Waals surface area contributed by atoms with E-state index in [0.29, 0.717) is 22.8 Å². The maximum absolute atomic E-state index is 12.0. The summed E-state index contributed by atoms with van der Waals surface area (Å²) >= 11 is 1.00. The molecule has 0 amide bonds. The molecular weight excluding hydrogens is 228 g/mol. The van der Waals surface area contributed by atoms with Gasteiger partial charge < -0.3 is 5.11 Å². The minimum Gasteiger partial charge on any atom is -0.396 e. The van der Waals surface area contributed by atoms with Crippen LogP contribution in [0.5, 0.6) is 0 Å². The molecule has 0 unspecified atom stereocenters. The minimum absolute atomic E-state index is 0.0979. The molecule has 6 heteroatoms. The number of carbonyl (C=O) groups excluding carboxylic acids is 1. The van der Waals surface area contributed by atoms with Crippen molar-refractivity contribution >= 4 is 16.9 Å². The first-order valence-electron chi connectivity index (χ1n) is 4.96. The summed E-state index contributed by atoms with van der Waals surface area (Å²) in [6.07, 6.45) is 0.290. The van der Waals surface area contributed by atoms with Crippen molar-refractivity contribution < 1.29 is 9.90 Å². The summed E-state index contributed by atoms with van der Waals surface area (Å²) in [4.78, 5) is 27.9. The van der Waals surface area contributed by atoms with Crippen molar-refractivity contribution in [3.63, 3.8) is 0 Å². The van der Waals surface area contributed by atoms with Crippen molar-refractivity contribution in [1.82, 2.24) is 9.55 Å². The highest BCUT2D eigenvalue weighted by Gasteiger charge is 2.35. The highest BCUT2D eigenvalue weighted by molar-refractivity contribution is 8.14. The minimum atomic E-state index is -0.503. The summed E-state index contributed by atoms with van der Waals surface area (Å²) in [5, 5.41) is 9.30. The first kappa shape index (κ1) is 11.3. The number of hydrogen-bond donors (Lipinski definition) is 1. The van der Waals surface area contributed by atoms with Gasteiger partial charge in [0.2, 0.25) is 5.12 Å². The first-order chi connectivity index (χ1) is 7.56. The van der Waals surface area contributed by atoms with E-state index in [9.17, 15) is 9.59 Å². The molecule has 1 aromatic rings. The smallest absolute Gasteiger partial charge is 0.258 e. The van der Waals surface area contributed by atoms with E-state index in [4.69, 9.17) is 5.11 Å². The van der Waals surface area contributed by atoms with Gasteiger partial charge in [-0.25, -0.2) is 4.98 Å². The lowest BCUT2D eigenvalue weighted by atomic mass is 10.0. The summed E-state index contributed by atoms with van der Waals surface area (Å²) in [5.41, 5.74) is 0.261. The topological polar surface area (TPSA) is 72.2 Å². The Balaban J connectivity index is 2.61. The van der Waals surface area contributed by atoms with E-state index < -0.39 is 5.92 Å². The predicted molar refractivity (Wildman–Crippen MR) is 59.5 cm³/mol. The summed E-state index contributed by atoms with van der Waals surface area (Å²) in [6.45, 7) is 1.62. The van der Waals surface area contributed by atoms with Crippen LogP contribution in [-0.4, -0.2) is 26.4 Å². The monoisotopic (exact) mass is 240 g/mol. The van der Waals surface area contributed by atoms with Crippen LogP contribution >= 0.6 is 11.8 Å². The van der Waals surface area contributed by atoms with Gasteiger partial charge in [0.15, 0.2) is 0 Å².